The van der Waals surface area contributed by atoms with Gasteiger partial charge in [0, 0.05) is 60.9 Å². The summed E-state index contributed by atoms with van der Waals surface area (Å²) in [4.78, 5) is 38.1. The lowest BCUT2D eigenvalue weighted by Gasteiger charge is -2.29. The van der Waals surface area contributed by atoms with E-state index in [0.29, 0.717) is 24.3 Å². The Bertz CT molecular complexity index is 1510. The van der Waals surface area contributed by atoms with Gasteiger partial charge in [-0.3, -0.25) is 19.8 Å². The maximum absolute atomic E-state index is 13.0. The number of aryl methyl sites for hydroxylation is 2. The minimum atomic E-state index is -0.689. The topological polar surface area (TPSA) is 103 Å². The van der Waals surface area contributed by atoms with Gasteiger partial charge in [-0.05, 0) is 88.6 Å². The van der Waals surface area contributed by atoms with Crippen LogP contribution in [0.4, 0.5) is 0 Å². The van der Waals surface area contributed by atoms with Crippen molar-refractivity contribution < 1.29 is 28.5 Å². The van der Waals surface area contributed by atoms with Crippen molar-refractivity contribution in [1.82, 2.24) is 19.8 Å². The van der Waals surface area contributed by atoms with Gasteiger partial charge in [0.15, 0.2) is 12.5 Å². The third-order valence-electron chi connectivity index (χ3n) is 8.18. The van der Waals surface area contributed by atoms with Gasteiger partial charge in [-0.1, -0.05) is 50.2 Å². The van der Waals surface area contributed by atoms with Gasteiger partial charge in [0.25, 0.3) is 0 Å². The highest BCUT2D eigenvalue weighted by Crippen LogP contribution is 2.29. The third kappa shape index (κ3) is 11.8. The lowest BCUT2D eigenvalue weighted by Crippen LogP contribution is -2.35. The van der Waals surface area contributed by atoms with Crippen molar-refractivity contribution in [3.05, 3.63) is 132 Å². The first kappa shape index (κ1) is 37.8. The number of ether oxygens (including phenoxy) is 4. The average Bonchev–Trinajstić information content (AvgIpc) is 3.13. The fourth-order valence-electron chi connectivity index (χ4n) is 5.15. The second kappa shape index (κ2) is 19.2. The number of nitrogens with zero attached hydrogens (tertiary/aromatic N) is 4. The number of pyridine rings is 2. The average molecular weight is 681 g/mol. The zero-order chi connectivity index (χ0) is 35.9. The Kier molecular flexibility index (Phi) is 14.5. The van der Waals surface area contributed by atoms with Gasteiger partial charge in [0.1, 0.15) is 23.7 Å². The van der Waals surface area contributed by atoms with Gasteiger partial charge < -0.3 is 18.9 Å². The van der Waals surface area contributed by atoms with Gasteiger partial charge in [0.05, 0.1) is 0 Å². The van der Waals surface area contributed by atoms with E-state index in [1.54, 1.807) is 34.6 Å². The monoisotopic (exact) mass is 680 g/mol. The van der Waals surface area contributed by atoms with Crippen LogP contribution in [0.15, 0.2) is 110 Å². The minimum absolute atomic E-state index is 0.317. The van der Waals surface area contributed by atoms with E-state index in [1.807, 2.05) is 101 Å². The standard InChI is InChI=1S/C40H48N4O6/c1-7-29-13-17-33(18-14-29)47-35(31-11-9-23-41-27-31)25-37(43(3)4)49-39(45)21-22-40(46)50-38(44(5)6)26-36(32-12-10-24-42-28-32)48-34-19-15-30(8-2)16-20-34/h9-24,27-28,35-38H,7-8,25-26H2,1-6H3/b22-21-. The summed E-state index contributed by atoms with van der Waals surface area (Å²) in [7, 11) is 7.25. The second-order valence-corrected chi connectivity index (χ2v) is 12.3. The van der Waals surface area contributed by atoms with Crippen molar-refractivity contribution in [2.24, 2.45) is 0 Å². The number of hydrogen-bond donors (Lipinski definition) is 0. The predicted molar refractivity (Wildman–Crippen MR) is 192 cm³/mol. The molecule has 0 N–H and O–H groups in total. The summed E-state index contributed by atoms with van der Waals surface area (Å²) < 4.78 is 24.3. The normalized spacial score (nSPS) is 13.8. The first-order valence-corrected chi connectivity index (χ1v) is 16.9. The van der Waals surface area contributed by atoms with Crippen LogP contribution in [0, 0.1) is 0 Å². The summed E-state index contributed by atoms with van der Waals surface area (Å²) in [6, 6.07) is 23.4. The summed E-state index contributed by atoms with van der Waals surface area (Å²) in [5, 5.41) is 0. The highest BCUT2D eigenvalue weighted by Gasteiger charge is 2.26. The van der Waals surface area contributed by atoms with Crippen molar-refractivity contribution in [3.8, 4) is 11.5 Å². The van der Waals surface area contributed by atoms with E-state index in [4.69, 9.17) is 18.9 Å². The van der Waals surface area contributed by atoms with Crippen LogP contribution >= 0.6 is 0 Å². The number of carbonyl (C=O) groups excluding carboxylic acids is 2. The van der Waals surface area contributed by atoms with E-state index in [0.717, 1.165) is 36.1 Å². The zero-order valence-electron chi connectivity index (χ0n) is 29.8. The molecule has 0 saturated heterocycles. The van der Waals surface area contributed by atoms with Gasteiger partial charge in [0.2, 0.25) is 0 Å². The third-order valence-corrected chi connectivity index (χ3v) is 8.18. The molecule has 2 heterocycles. The van der Waals surface area contributed by atoms with E-state index in [1.165, 1.54) is 11.1 Å². The van der Waals surface area contributed by atoms with Gasteiger partial charge in [-0.25, -0.2) is 9.59 Å². The molecule has 2 aromatic carbocycles. The maximum atomic E-state index is 13.0. The molecule has 2 aromatic heterocycles. The second-order valence-electron chi connectivity index (χ2n) is 12.3. The SMILES string of the molecule is CCc1ccc(OC(CC(OC(=O)/C=C\C(=O)OC(CC(Oc2ccc(CC)cc2)c2cccnc2)N(C)C)N(C)C)c2cccnc2)cc1. The smallest absolute Gasteiger partial charge is 0.332 e. The van der Waals surface area contributed by atoms with Crippen LogP contribution in [0.2, 0.25) is 0 Å². The van der Waals surface area contributed by atoms with Crippen LogP contribution < -0.4 is 9.47 Å². The van der Waals surface area contributed by atoms with Crippen LogP contribution in [0.5, 0.6) is 11.5 Å². The van der Waals surface area contributed by atoms with Crippen LogP contribution in [-0.4, -0.2) is 72.4 Å². The Morgan fingerprint density at radius 3 is 1.30 bits per heavy atom. The maximum Gasteiger partial charge on any atom is 0.332 e. The number of benzene rings is 2. The van der Waals surface area contributed by atoms with E-state index in [-0.39, 0.29) is 0 Å². The molecular formula is C40H48N4O6. The number of aromatic nitrogens is 2. The van der Waals surface area contributed by atoms with E-state index in [2.05, 4.69) is 23.8 Å². The molecule has 0 aliphatic heterocycles. The van der Waals surface area contributed by atoms with E-state index < -0.39 is 36.6 Å². The number of rotatable bonds is 18. The molecule has 0 saturated carbocycles. The summed E-state index contributed by atoms with van der Waals surface area (Å²) in [5.74, 6) is 0.0184. The molecule has 264 valence electrons. The van der Waals surface area contributed by atoms with Crippen LogP contribution in [0.1, 0.15) is 61.2 Å². The summed E-state index contributed by atoms with van der Waals surface area (Å²) in [5.41, 5.74) is 4.10. The Morgan fingerprint density at radius 2 is 1.00 bits per heavy atom. The molecular weight excluding hydrogens is 632 g/mol. The Labute approximate surface area is 295 Å². The van der Waals surface area contributed by atoms with Crippen molar-refractivity contribution in [1.29, 1.82) is 0 Å². The first-order chi connectivity index (χ1) is 24.1. The number of hydrogen-bond acceptors (Lipinski definition) is 10. The van der Waals surface area contributed by atoms with E-state index >= 15 is 0 Å². The molecule has 0 bridgehead atoms. The van der Waals surface area contributed by atoms with Gasteiger partial charge in [-0.15, -0.1) is 0 Å². The molecule has 10 nitrogen and oxygen atoms in total. The van der Waals surface area contributed by atoms with Gasteiger partial charge in [-0.2, -0.15) is 0 Å². The lowest BCUT2D eigenvalue weighted by molar-refractivity contribution is -0.156. The number of carbonyl (C=O) groups is 2. The first-order valence-electron chi connectivity index (χ1n) is 16.9. The molecule has 0 aliphatic rings. The molecule has 4 unspecified atom stereocenters. The van der Waals surface area contributed by atoms with Crippen LogP contribution in [0.25, 0.3) is 0 Å². The molecule has 10 heteroatoms. The highest BCUT2D eigenvalue weighted by molar-refractivity contribution is 5.91. The number of esters is 2. The molecule has 4 rings (SSSR count). The van der Waals surface area contributed by atoms with E-state index in [9.17, 15) is 9.59 Å². The van der Waals surface area contributed by atoms with Gasteiger partial charge >= 0.3 is 11.9 Å². The predicted octanol–water partition coefficient (Wildman–Crippen LogP) is 6.74. The summed E-state index contributed by atoms with van der Waals surface area (Å²) >= 11 is 0. The molecule has 50 heavy (non-hydrogen) atoms. The zero-order valence-corrected chi connectivity index (χ0v) is 29.8. The fraction of sp³-hybridized carbons (Fsp3) is 0.350. The molecule has 0 fully saturated rings. The summed E-state index contributed by atoms with van der Waals surface area (Å²) in [6.07, 6.45) is 9.29. The van der Waals surface area contributed by atoms with Crippen molar-refractivity contribution in [2.75, 3.05) is 28.2 Å². The molecule has 4 aromatic rings. The van der Waals surface area contributed by atoms with Crippen LogP contribution in [0.3, 0.4) is 0 Å². The summed E-state index contributed by atoms with van der Waals surface area (Å²) in [6.45, 7) is 4.20. The highest BCUT2D eigenvalue weighted by atomic mass is 16.6. The Balaban J connectivity index is 1.41. The van der Waals surface area contributed by atoms with Crippen molar-refractivity contribution >= 4 is 11.9 Å². The Hall–Kier alpha value is -5.06. The minimum Gasteiger partial charge on any atom is -0.485 e. The molecule has 0 radical (unpaired) electrons. The quantitative estimate of drug-likeness (QED) is 0.0638. The molecule has 4 atom stereocenters. The largest absolute Gasteiger partial charge is 0.485 e. The lowest BCUT2D eigenvalue weighted by atomic mass is 10.1. The molecule has 0 amide bonds. The van der Waals surface area contributed by atoms with Crippen molar-refractivity contribution in [3.63, 3.8) is 0 Å². The molecule has 0 spiro atoms. The fourth-order valence-corrected chi connectivity index (χ4v) is 5.15. The van der Waals surface area contributed by atoms with Crippen molar-refractivity contribution in [2.45, 2.75) is 64.2 Å². The van der Waals surface area contributed by atoms with Crippen LogP contribution in [-0.2, 0) is 31.9 Å². The molecule has 0 aliphatic carbocycles. The Morgan fingerprint density at radius 1 is 0.620 bits per heavy atom.